The molecule has 1 rings (SSSR count). The fraction of sp³-hybridized carbons (Fsp3) is 0.200. The van der Waals surface area contributed by atoms with Crippen LogP contribution in [0.4, 0.5) is 10.5 Å². The monoisotopic (exact) mass is 261 g/mol. The van der Waals surface area contributed by atoms with Gasteiger partial charge in [-0.3, -0.25) is 4.79 Å². The molecule has 1 aromatic carbocycles. The summed E-state index contributed by atoms with van der Waals surface area (Å²) in [6, 6.07) is 4.67. The summed E-state index contributed by atoms with van der Waals surface area (Å²) in [6.45, 7) is 1.22. The van der Waals surface area contributed by atoms with Crippen LogP contribution in [0.15, 0.2) is 18.2 Å². The van der Waals surface area contributed by atoms with Crippen molar-refractivity contribution in [2.24, 2.45) is 0 Å². The number of benzene rings is 1. The predicted molar refractivity (Wildman–Crippen MR) is 62.0 cm³/mol. The Morgan fingerprint density at radius 2 is 1.75 bits per heavy atom. The van der Waals surface area contributed by atoms with Gasteiger partial charge in [-0.1, -0.05) is 29.3 Å². The molecule has 0 fully saturated rings. The molecule has 0 radical (unpaired) electrons. The number of ether oxygens (including phenoxy) is 1. The van der Waals surface area contributed by atoms with Gasteiger partial charge < -0.3 is 4.74 Å². The molecule has 0 atom stereocenters. The van der Waals surface area contributed by atoms with Crippen LogP contribution in [0.5, 0.6) is 0 Å². The zero-order valence-corrected chi connectivity index (χ0v) is 10.2. The first kappa shape index (κ1) is 12.8. The minimum Gasteiger partial charge on any atom is -0.452 e. The summed E-state index contributed by atoms with van der Waals surface area (Å²) in [6.07, 6.45) is -0.831. The topological polar surface area (TPSA) is 46.6 Å². The molecule has 0 unspecified atom stereocenters. The number of para-hydroxylation sites is 1. The highest BCUT2D eigenvalue weighted by molar-refractivity contribution is 6.41. The van der Waals surface area contributed by atoms with Crippen molar-refractivity contribution in [1.82, 2.24) is 0 Å². The van der Waals surface area contributed by atoms with Crippen LogP contribution in [0.25, 0.3) is 0 Å². The van der Waals surface area contributed by atoms with E-state index in [1.165, 1.54) is 26.2 Å². The number of nitrogens with zero attached hydrogens (tertiary/aromatic N) is 1. The molecule has 1 aromatic rings. The second-order valence-electron chi connectivity index (χ2n) is 2.89. The fourth-order valence-electron chi connectivity index (χ4n) is 1.17. The van der Waals surface area contributed by atoms with Crippen molar-refractivity contribution in [1.29, 1.82) is 0 Å². The molecule has 4 nitrogen and oxygen atoms in total. The van der Waals surface area contributed by atoms with Gasteiger partial charge in [-0.25, -0.2) is 9.69 Å². The molecule has 2 amide bonds. The average molecular weight is 262 g/mol. The number of carbonyl (C=O) groups excluding carboxylic acids is 2. The van der Waals surface area contributed by atoms with Gasteiger partial charge in [0.15, 0.2) is 0 Å². The molecule has 0 spiro atoms. The van der Waals surface area contributed by atoms with Gasteiger partial charge in [0.2, 0.25) is 5.91 Å². The van der Waals surface area contributed by atoms with E-state index in [1.54, 1.807) is 6.07 Å². The van der Waals surface area contributed by atoms with E-state index in [1.807, 2.05) is 0 Å². The molecule has 0 N–H and O–H groups in total. The van der Waals surface area contributed by atoms with Crippen LogP contribution in [0.1, 0.15) is 6.92 Å². The standard InChI is InChI=1S/C10H9Cl2NO3/c1-6(14)13(10(15)16-2)9-7(11)4-3-5-8(9)12/h3-5H,1-2H3. The third-order valence-corrected chi connectivity index (χ3v) is 2.44. The van der Waals surface area contributed by atoms with Gasteiger partial charge in [0.05, 0.1) is 22.8 Å². The summed E-state index contributed by atoms with van der Waals surface area (Å²) >= 11 is 11.8. The smallest absolute Gasteiger partial charge is 0.421 e. The lowest BCUT2D eigenvalue weighted by Crippen LogP contribution is -2.35. The average Bonchev–Trinajstić information content (AvgIpc) is 2.22. The number of hydrogen-bond donors (Lipinski definition) is 0. The Hall–Kier alpha value is -1.26. The van der Waals surface area contributed by atoms with Crippen molar-refractivity contribution in [3.63, 3.8) is 0 Å². The minimum atomic E-state index is -0.831. The van der Waals surface area contributed by atoms with Crippen molar-refractivity contribution in [3.8, 4) is 0 Å². The van der Waals surface area contributed by atoms with Gasteiger partial charge in [0, 0.05) is 6.92 Å². The number of imide groups is 1. The molecule has 0 saturated carbocycles. The van der Waals surface area contributed by atoms with Crippen LogP contribution in [0.2, 0.25) is 10.0 Å². The highest BCUT2D eigenvalue weighted by Crippen LogP contribution is 2.33. The normalized spacial score (nSPS) is 9.75. The van der Waals surface area contributed by atoms with Crippen LogP contribution >= 0.6 is 23.2 Å². The summed E-state index contributed by atoms with van der Waals surface area (Å²) in [7, 11) is 1.17. The van der Waals surface area contributed by atoms with Crippen LogP contribution < -0.4 is 4.90 Å². The molecule has 6 heteroatoms. The first-order chi connectivity index (χ1) is 7.49. The fourth-order valence-corrected chi connectivity index (χ4v) is 1.74. The Morgan fingerprint density at radius 3 is 2.12 bits per heavy atom. The van der Waals surface area contributed by atoms with E-state index in [9.17, 15) is 9.59 Å². The van der Waals surface area contributed by atoms with E-state index in [0.717, 1.165) is 4.90 Å². The quantitative estimate of drug-likeness (QED) is 0.781. The zero-order valence-electron chi connectivity index (χ0n) is 8.66. The molecule has 0 aromatic heterocycles. The molecule has 0 aliphatic carbocycles. The van der Waals surface area contributed by atoms with Gasteiger partial charge in [-0.05, 0) is 12.1 Å². The Bertz CT molecular complexity index is 414. The Morgan fingerprint density at radius 1 is 1.25 bits per heavy atom. The highest BCUT2D eigenvalue weighted by Gasteiger charge is 2.25. The number of carbonyl (C=O) groups is 2. The lowest BCUT2D eigenvalue weighted by atomic mass is 10.3. The maximum atomic E-state index is 11.4. The van der Waals surface area contributed by atoms with E-state index < -0.39 is 12.0 Å². The summed E-state index contributed by atoms with van der Waals surface area (Å²) in [5.41, 5.74) is 0.130. The van der Waals surface area contributed by atoms with Gasteiger partial charge in [-0.2, -0.15) is 0 Å². The predicted octanol–water partition coefficient (Wildman–Crippen LogP) is 3.11. The molecule has 16 heavy (non-hydrogen) atoms. The number of amides is 2. The van der Waals surface area contributed by atoms with Crippen molar-refractivity contribution in [3.05, 3.63) is 28.2 Å². The summed E-state index contributed by atoms with van der Waals surface area (Å²) in [4.78, 5) is 23.6. The van der Waals surface area contributed by atoms with Crippen molar-refractivity contribution >= 4 is 40.9 Å². The first-order valence-electron chi connectivity index (χ1n) is 4.31. The number of hydrogen-bond acceptors (Lipinski definition) is 3. The minimum absolute atomic E-state index is 0.130. The third kappa shape index (κ3) is 2.46. The number of methoxy groups -OCH3 is 1. The Balaban J connectivity index is 3.32. The number of anilines is 1. The SMILES string of the molecule is COC(=O)N(C(C)=O)c1c(Cl)cccc1Cl. The van der Waals surface area contributed by atoms with Crippen LogP contribution in [0, 0.1) is 0 Å². The molecular formula is C10H9Cl2NO3. The Labute approximate surface area is 103 Å². The van der Waals surface area contributed by atoms with Crippen LogP contribution in [0.3, 0.4) is 0 Å². The van der Waals surface area contributed by atoms with Crippen molar-refractivity contribution in [2.75, 3.05) is 12.0 Å². The van der Waals surface area contributed by atoms with Crippen LogP contribution in [-0.2, 0) is 9.53 Å². The summed E-state index contributed by atoms with van der Waals surface area (Å²) in [5, 5.41) is 0.404. The second kappa shape index (κ2) is 5.18. The summed E-state index contributed by atoms with van der Waals surface area (Å²) in [5.74, 6) is -0.526. The molecule has 0 heterocycles. The lowest BCUT2D eigenvalue weighted by molar-refractivity contribution is -0.116. The molecule has 0 saturated heterocycles. The highest BCUT2D eigenvalue weighted by atomic mass is 35.5. The van der Waals surface area contributed by atoms with E-state index >= 15 is 0 Å². The molecule has 86 valence electrons. The third-order valence-electron chi connectivity index (χ3n) is 1.83. The van der Waals surface area contributed by atoms with Gasteiger partial charge in [0.25, 0.3) is 0 Å². The maximum absolute atomic E-state index is 11.4. The molecule has 0 bridgehead atoms. The van der Waals surface area contributed by atoms with Crippen LogP contribution in [-0.4, -0.2) is 19.1 Å². The van der Waals surface area contributed by atoms with E-state index in [4.69, 9.17) is 23.2 Å². The van der Waals surface area contributed by atoms with Gasteiger partial charge >= 0.3 is 6.09 Å². The summed E-state index contributed by atoms with van der Waals surface area (Å²) < 4.78 is 4.49. The first-order valence-corrected chi connectivity index (χ1v) is 5.07. The molecule has 0 aliphatic heterocycles. The number of halogens is 2. The molecular weight excluding hydrogens is 253 g/mol. The second-order valence-corrected chi connectivity index (χ2v) is 3.71. The van der Waals surface area contributed by atoms with E-state index in [2.05, 4.69) is 4.74 Å². The largest absolute Gasteiger partial charge is 0.452 e. The number of rotatable bonds is 1. The van der Waals surface area contributed by atoms with Gasteiger partial charge in [0.1, 0.15) is 0 Å². The zero-order chi connectivity index (χ0) is 12.3. The lowest BCUT2D eigenvalue weighted by Gasteiger charge is -2.19. The van der Waals surface area contributed by atoms with Crippen molar-refractivity contribution < 1.29 is 14.3 Å². The maximum Gasteiger partial charge on any atom is 0.421 e. The Kier molecular flexibility index (Phi) is 4.15. The van der Waals surface area contributed by atoms with E-state index in [0.29, 0.717) is 0 Å². The van der Waals surface area contributed by atoms with E-state index in [-0.39, 0.29) is 15.7 Å². The van der Waals surface area contributed by atoms with Crippen molar-refractivity contribution in [2.45, 2.75) is 6.92 Å². The molecule has 0 aliphatic rings. The van der Waals surface area contributed by atoms with Gasteiger partial charge in [-0.15, -0.1) is 0 Å².